The van der Waals surface area contributed by atoms with Gasteiger partial charge in [0.1, 0.15) is 6.10 Å². The van der Waals surface area contributed by atoms with Gasteiger partial charge in [-0.25, -0.2) is 9.59 Å². The Morgan fingerprint density at radius 2 is 2.17 bits per heavy atom. The molecule has 8 nitrogen and oxygen atoms in total. The zero-order valence-corrected chi connectivity index (χ0v) is 17.6. The molecule has 0 aliphatic carbocycles. The minimum absolute atomic E-state index is 0.0272. The summed E-state index contributed by atoms with van der Waals surface area (Å²) in [6, 6.07) is 0. The molecule has 30 heavy (non-hydrogen) atoms. The number of cyclic esters (lactones) is 1. The summed E-state index contributed by atoms with van der Waals surface area (Å²) in [5, 5.41) is 9.45. The number of hydrogen-bond donors (Lipinski definition) is 1. The lowest BCUT2D eigenvalue weighted by molar-refractivity contribution is -0.204. The van der Waals surface area contributed by atoms with Crippen LogP contribution in [0.1, 0.15) is 46.5 Å². The van der Waals surface area contributed by atoms with Gasteiger partial charge in [0.25, 0.3) is 0 Å². The fourth-order valence-corrected chi connectivity index (χ4v) is 5.41. The van der Waals surface area contributed by atoms with Crippen molar-refractivity contribution in [1.82, 2.24) is 4.90 Å². The van der Waals surface area contributed by atoms with Crippen LogP contribution in [0, 0.1) is 17.8 Å². The second kappa shape index (κ2) is 7.72. The molecule has 0 aromatic rings. The maximum Gasteiger partial charge on any atom is 0.336 e. The van der Waals surface area contributed by atoms with Crippen LogP contribution in [0.25, 0.3) is 0 Å². The van der Waals surface area contributed by atoms with E-state index in [-0.39, 0.29) is 35.8 Å². The van der Waals surface area contributed by atoms with E-state index >= 15 is 0 Å². The summed E-state index contributed by atoms with van der Waals surface area (Å²) in [7, 11) is 0. The van der Waals surface area contributed by atoms with Crippen LogP contribution in [0.5, 0.6) is 0 Å². The Morgan fingerprint density at radius 3 is 2.73 bits per heavy atom. The fourth-order valence-electron chi connectivity index (χ4n) is 5.41. The van der Waals surface area contributed by atoms with Crippen molar-refractivity contribution in [3.05, 3.63) is 23.4 Å². The third kappa shape index (κ3) is 3.51. The summed E-state index contributed by atoms with van der Waals surface area (Å²) in [6.45, 7) is 6.81. The third-order valence-electron chi connectivity index (χ3n) is 6.82. The van der Waals surface area contributed by atoms with Crippen molar-refractivity contribution in [1.29, 1.82) is 0 Å². The van der Waals surface area contributed by atoms with Crippen molar-refractivity contribution in [2.75, 3.05) is 13.1 Å². The van der Waals surface area contributed by atoms with E-state index in [1.54, 1.807) is 19.9 Å². The monoisotopic (exact) mass is 419 g/mol. The highest BCUT2D eigenvalue weighted by Crippen LogP contribution is 2.50. The van der Waals surface area contributed by atoms with Crippen molar-refractivity contribution in [2.45, 2.75) is 64.4 Å². The number of likely N-dealkylation sites (tertiary alicyclic amines) is 1. The van der Waals surface area contributed by atoms with Gasteiger partial charge in [-0.15, -0.1) is 0 Å². The zero-order valence-electron chi connectivity index (χ0n) is 17.6. The fraction of sp³-hybridized carbons (Fsp3) is 0.682. The first-order chi connectivity index (χ1) is 14.2. The van der Waals surface area contributed by atoms with Crippen LogP contribution in [0.4, 0.5) is 0 Å². The zero-order chi connectivity index (χ0) is 21.6. The smallest absolute Gasteiger partial charge is 0.336 e. The summed E-state index contributed by atoms with van der Waals surface area (Å²) >= 11 is 0. The number of carbonyl (C=O) groups excluding carboxylic acids is 2. The number of hydrogen-bond acceptors (Lipinski definition) is 7. The molecule has 0 radical (unpaired) electrons. The second-order valence-electron chi connectivity index (χ2n) is 8.83. The number of carboxylic acids is 1. The molecule has 6 atom stereocenters. The van der Waals surface area contributed by atoms with E-state index in [4.69, 9.17) is 14.2 Å². The molecule has 0 unspecified atom stereocenters. The molecule has 0 saturated carbocycles. The molecule has 3 fully saturated rings. The molecule has 164 valence electrons. The van der Waals surface area contributed by atoms with Gasteiger partial charge in [0.05, 0.1) is 17.7 Å². The Kier molecular flexibility index (Phi) is 5.38. The second-order valence-corrected chi connectivity index (χ2v) is 8.83. The number of aliphatic carboxylic acids is 1. The molecule has 0 aromatic heterocycles. The number of rotatable bonds is 4. The lowest BCUT2D eigenvalue weighted by Crippen LogP contribution is -2.40. The standard InChI is InChI=1S/C22H29NO7/c1-4-15-14-11-23(16(9-19(24)25)18-8-12(2)20(26)28-18)7-5-6-17(14)29-22(15)10-13(3)21(27)30-22/h9-10,12,14-15,17-18H,4-8,11H2,1-3H3,(H,24,25)/t12-,14-,15-,17+,18-,22-/m0/s1. The van der Waals surface area contributed by atoms with E-state index in [9.17, 15) is 19.5 Å². The third-order valence-corrected chi connectivity index (χ3v) is 6.82. The SMILES string of the molecule is CC[C@H]1[C@@H]2CN(C(=CC(=O)O)[C@@H]3C[C@H](C)C(=O)O3)CCC[C@H]2O[C@]12C=C(C)C(=O)O2. The van der Waals surface area contributed by atoms with Crippen LogP contribution in [0.15, 0.2) is 23.4 Å². The Hall–Kier alpha value is -2.35. The van der Waals surface area contributed by atoms with Crippen LogP contribution in [0.2, 0.25) is 0 Å². The minimum Gasteiger partial charge on any atom is -0.478 e. The topological polar surface area (TPSA) is 102 Å². The van der Waals surface area contributed by atoms with E-state index in [1.807, 2.05) is 4.90 Å². The Morgan fingerprint density at radius 1 is 1.40 bits per heavy atom. The van der Waals surface area contributed by atoms with E-state index in [0.717, 1.165) is 19.3 Å². The van der Waals surface area contributed by atoms with Crippen LogP contribution in [-0.2, 0) is 28.6 Å². The number of carboxylic acid groups (broad SMARTS) is 1. The molecule has 0 bridgehead atoms. The predicted octanol–water partition coefficient (Wildman–Crippen LogP) is 2.24. The normalized spacial score (nSPS) is 38.9. The van der Waals surface area contributed by atoms with Gasteiger partial charge in [-0.3, -0.25) is 4.79 Å². The first-order valence-corrected chi connectivity index (χ1v) is 10.7. The molecule has 3 saturated heterocycles. The van der Waals surface area contributed by atoms with Crippen molar-refractivity contribution in [3.8, 4) is 0 Å². The van der Waals surface area contributed by atoms with E-state index < -0.39 is 17.9 Å². The van der Waals surface area contributed by atoms with Crippen LogP contribution < -0.4 is 0 Å². The number of nitrogens with zero attached hydrogens (tertiary/aromatic N) is 1. The quantitative estimate of drug-likeness (QED) is 0.547. The highest BCUT2D eigenvalue weighted by Gasteiger charge is 2.58. The Bertz CT molecular complexity index is 818. The van der Waals surface area contributed by atoms with Crippen molar-refractivity contribution in [3.63, 3.8) is 0 Å². The van der Waals surface area contributed by atoms with Crippen LogP contribution in [-0.4, -0.2) is 59.0 Å². The number of ether oxygens (including phenoxy) is 3. The molecule has 1 N–H and O–H groups in total. The Labute approximate surface area is 175 Å². The molecule has 4 aliphatic heterocycles. The lowest BCUT2D eigenvalue weighted by Gasteiger charge is -2.34. The van der Waals surface area contributed by atoms with Crippen LogP contribution in [0.3, 0.4) is 0 Å². The molecule has 4 rings (SSSR count). The maximum atomic E-state index is 12.1. The summed E-state index contributed by atoms with van der Waals surface area (Å²) < 4.78 is 17.5. The summed E-state index contributed by atoms with van der Waals surface area (Å²) in [5.74, 6) is -2.94. The van der Waals surface area contributed by atoms with Gasteiger partial charge in [0.2, 0.25) is 5.79 Å². The number of carbonyl (C=O) groups is 3. The van der Waals surface area contributed by atoms with Crippen molar-refractivity contribution in [2.24, 2.45) is 17.8 Å². The van der Waals surface area contributed by atoms with Gasteiger partial charge < -0.3 is 24.2 Å². The maximum absolute atomic E-state index is 12.1. The largest absolute Gasteiger partial charge is 0.478 e. The molecule has 4 heterocycles. The molecule has 0 aromatic carbocycles. The molecule has 1 spiro atoms. The molecule has 4 aliphatic rings. The first-order valence-electron chi connectivity index (χ1n) is 10.7. The van der Waals surface area contributed by atoms with Gasteiger partial charge in [0.15, 0.2) is 0 Å². The van der Waals surface area contributed by atoms with Gasteiger partial charge in [-0.2, -0.15) is 0 Å². The number of fused-ring (bicyclic) bond motifs is 1. The molecule has 0 amide bonds. The van der Waals surface area contributed by atoms with Crippen LogP contribution >= 0.6 is 0 Å². The molecular formula is C22H29NO7. The van der Waals surface area contributed by atoms with Gasteiger partial charge in [0, 0.05) is 43.0 Å². The summed E-state index contributed by atoms with van der Waals surface area (Å²) in [4.78, 5) is 37.6. The summed E-state index contributed by atoms with van der Waals surface area (Å²) in [6.07, 6.45) is 5.18. The predicted molar refractivity (Wildman–Crippen MR) is 105 cm³/mol. The highest BCUT2D eigenvalue weighted by atomic mass is 16.7. The Balaban J connectivity index is 1.62. The number of esters is 2. The summed E-state index contributed by atoms with van der Waals surface area (Å²) in [5.41, 5.74) is 1.09. The van der Waals surface area contributed by atoms with E-state index in [1.165, 1.54) is 6.08 Å². The van der Waals surface area contributed by atoms with Crippen molar-refractivity contribution < 1.29 is 33.7 Å². The average molecular weight is 419 g/mol. The molecular weight excluding hydrogens is 390 g/mol. The van der Waals surface area contributed by atoms with Crippen molar-refractivity contribution >= 4 is 17.9 Å². The van der Waals surface area contributed by atoms with Gasteiger partial charge in [-0.1, -0.05) is 13.8 Å². The lowest BCUT2D eigenvalue weighted by atomic mass is 9.82. The van der Waals surface area contributed by atoms with Gasteiger partial charge in [-0.05, 0) is 32.3 Å². The average Bonchev–Trinajstić information content (AvgIpc) is 3.19. The first kappa shape index (κ1) is 20.9. The van der Waals surface area contributed by atoms with Gasteiger partial charge >= 0.3 is 17.9 Å². The van der Waals surface area contributed by atoms with E-state index in [0.29, 0.717) is 30.8 Å². The highest BCUT2D eigenvalue weighted by molar-refractivity contribution is 5.90. The minimum atomic E-state index is -1.06. The molecule has 8 heteroatoms. The van der Waals surface area contributed by atoms with E-state index in [2.05, 4.69) is 6.92 Å².